The van der Waals surface area contributed by atoms with Crippen molar-refractivity contribution >= 4 is 46.4 Å². The minimum atomic E-state index is -3.52. The predicted octanol–water partition coefficient (Wildman–Crippen LogP) is 1.21. The molecule has 1 saturated heterocycles. The monoisotopic (exact) mass is 438 g/mol. The third-order valence-electron chi connectivity index (χ3n) is 5.24. The number of para-hydroxylation sites is 1. The van der Waals surface area contributed by atoms with Crippen molar-refractivity contribution in [3.8, 4) is 0 Å². The minimum absolute atomic E-state index is 0. The van der Waals surface area contributed by atoms with Crippen LogP contribution in [0.25, 0.3) is 0 Å². The number of carbonyl (C=O) groups excluding carboxylic acids is 1. The fourth-order valence-corrected chi connectivity index (χ4v) is 4.70. The van der Waals surface area contributed by atoms with Gasteiger partial charge in [-0.3, -0.25) is 4.79 Å². The molecule has 2 fully saturated rings. The first-order chi connectivity index (χ1) is 11.9. The van der Waals surface area contributed by atoms with Crippen molar-refractivity contribution in [1.82, 2.24) is 9.62 Å². The lowest BCUT2D eigenvalue weighted by Crippen LogP contribution is -2.52. The Balaban J connectivity index is 0.00000182. The maximum Gasteiger partial charge on any atom is 0.242 e. The summed E-state index contributed by atoms with van der Waals surface area (Å²) in [5.74, 6) is 0.101. The number of sulfonamides is 1. The number of nitrogens with two attached hydrogens (primary N) is 1. The molecule has 0 bridgehead atoms. The zero-order chi connectivity index (χ0) is 18.0. The van der Waals surface area contributed by atoms with Gasteiger partial charge in [0, 0.05) is 32.2 Å². The highest BCUT2D eigenvalue weighted by molar-refractivity contribution is 7.89. The Morgan fingerprint density at radius 2 is 1.74 bits per heavy atom. The smallest absolute Gasteiger partial charge is 0.242 e. The molecule has 7 nitrogen and oxygen atoms in total. The summed E-state index contributed by atoms with van der Waals surface area (Å²) in [4.78, 5) is 16.8. The lowest BCUT2D eigenvalue weighted by molar-refractivity contribution is -0.136. The Labute approximate surface area is 173 Å². The van der Waals surface area contributed by atoms with E-state index >= 15 is 0 Å². The Bertz CT molecular complexity index is 739. The number of anilines is 1. The number of hydrogen-bond acceptors (Lipinski definition) is 5. The fraction of sp³-hybridized carbons (Fsp3) is 0.588. The zero-order valence-corrected chi connectivity index (χ0v) is 17.8. The lowest BCUT2D eigenvalue weighted by atomic mass is 10.0. The van der Waals surface area contributed by atoms with E-state index in [0.29, 0.717) is 31.9 Å². The molecule has 1 aromatic carbocycles. The molecule has 2 atom stereocenters. The van der Waals surface area contributed by atoms with Gasteiger partial charge in [-0.1, -0.05) is 18.6 Å². The molecule has 1 aliphatic carbocycles. The summed E-state index contributed by atoms with van der Waals surface area (Å²) in [7, 11) is -2.11. The molecule has 2 unspecified atom stereocenters. The second-order valence-corrected chi connectivity index (χ2v) is 8.54. The van der Waals surface area contributed by atoms with Crippen LogP contribution in [0.5, 0.6) is 0 Å². The topological polar surface area (TPSA) is 95.7 Å². The summed E-state index contributed by atoms with van der Waals surface area (Å²) in [5.41, 5.74) is 6.74. The Hall–Kier alpha value is -1.06. The summed E-state index contributed by atoms with van der Waals surface area (Å²) < 4.78 is 26.8. The van der Waals surface area contributed by atoms with Crippen LogP contribution in [0.1, 0.15) is 19.3 Å². The van der Waals surface area contributed by atoms with Crippen LogP contribution >= 0.6 is 24.8 Å². The van der Waals surface area contributed by atoms with E-state index in [1.54, 1.807) is 12.1 Å². The van der Waals surface area contributed by atoms with Gasteiger partial charge in [0.25, 0.3) is 0 Å². The third-order valence-corrected chi connectivity index (χ3v) is 6.70. The molecule has 3 N–H and O–H groups in total. The summed E-state index contributed by atoms with van der Waals surface area (Å²) in [6, 6.07) is 6.95. The van der Waals surface area contributed by atoms with Crippen molar-refractivity contribution < 1.29 is 13.2 Å². The van der Waals surface area contributed by atoms with E-state index in [2.05, 4.69) is 4.72 Å². The van der Waals surface area contributed by atoms with E-state index in [0.717, 1.165) is 19.3 Å². The minimum Gasteiger partial charge on any atom is -0.367 e. The number of nitrogens with zero attached hydrogens (tertiary/aromatic N) is 2. The van der Waals surface area contributed by atoms with E-state index < -0.39 is 10.0 Å². The molecule has 1 aromatic rings. The van der Waals surface area contributed by atoms with Crippen LogP contribution in [0.2, 0.25) is 0 Å². The van der Waals surface area contributed by atoms with Gasteiger partial charge in [-0.2, -0.15) is 0 Å². The maximum atomic E-state index is 12.6. The zero-order valence-electron chi connectivity index (χ0n) is 15.3. The van der Waals surface area contributed by atoms with Gasteiger partial charge in [0.1, 0.15) is 4.90 Å². The molecule has 2 aliphatic rings. The number of nitrogens with one attached hydrogen (secondary N) is 1. The van der Waals surface area contributed by atoms with Crippen LogP contribution in [-0.4, -0.2) is 58.5 Å². The standard InChI is InChI=1S/C17H26N4O3S.2ClH/c1-19-25(23,24)16-8-3-2-7-15(16)20-9-11-21(12-10-20)17(22)13-5-4-6-14(13)18;;/h2-3,7-8,13-14,19H,4-6,9-12,18H2,1H3;2*1H. The van der Waals surface area contributed by atoms with E-state index in [1.165, 1.54) is 7.05 Å². The van der Waals surface area contributed by atoms with Crippen LogP contribution < -0.4 is 15.4 Å². The number of halogens is 2. The summed E-state index contributed by atoms with van der Waals surface area (Å²) >= 11 is 0. The molecule has 27 heavy (non-hydrogen) atoms. The molecule has 10 heteroatoms. The number of benzene rings is 1. The van der Waals surface area contributed by atoms with Crippen molar-refractivity contribution in [3.63, 3.8) is 0 Å². The van der Waals surface area contributed by atoms with Crippen molar-refractivity contribution in [1.29, 1.82) is 0 Å². The Morgan fingerprint density at radius 1 is 1.11 bits per heavy atom. The molecule has 0 aromatic heterocycles. The third kappa shape index (κ3) is 5.06. The maximum absolute atomic E-state index is 12.6. The van der Waals surface area contributed by atoms with Gasteiger partial charge in [0.15, 0.2) is 0 Å². The van der Waals surface area contributed by atoms with Gasteiger partial charge in [0.05, 0.1) is 11.6 Å². The average molecular weight is 439 g/mol. The summed E-state index contributed by atoms with van der Waals surface area (Å²) in [6.45, 7) is 2.42. The van der Waals surface area contributed by atoms with Gasteiger partial charge < -0.3 is 15.5 Å². The molecule has 0 radical (unpaired) electrons. The van der Waals surface area contributed by atoms with Gasteiger partial charge in [-0.15, -0.1) is 24.8 Å². The van der Waals surface area contributed by atoms with Crippen LogP contribution in [0.4, 0.5) is 5.69 Å². The largest absolute Gasteiger partial charge is 0.367 e. The molecular formula is C17H28Cl2N4O3S. The highest BCUT2D eigenvalue weighted by Crippen LogP contribution is 2.28. The van der Waals surface area contributed by atoms with Gasteiger partial charge >= 0.3 is 0 Å². The number of hydrogen-bond donors (Lipinski definition) is 2. The van der Waals surface area contributed by atoms with E-state index in [9.17, 15) is 13.2 Å². The lowest BCUT2D eigenvalue weighted by Gasteiger charge is -2.38. The first-order valence-electron chi connectivity index (χ1n) is 8.76. The van der Waals surface area contributed by atoms with E-state index in [4.69, 9.17) is 5.73 Å². The number of rotatable bonds is 4. The van der Waals surface area contributed by atoms with Gasteiger partial charge in [0.2, 0.25) is 15.9 Å². The van der Waals surface area contributed by atoms with Gasteiger partial charge in [-0.05, 0) is 32.0 Å². The SMILES string of the molecule is CNS(=O)(=O)c1ccccc1N1CCN(C(=O)C2CCCC2N)CC1.Cl.Cl. The van der Waals surface area contributed by atoms with Crippen LogP contribution in [0, 0.1) is 5.92 Å². The highest BCUT2D eigenvalue weighted by Gasteiger charge is 2.35. The predicted molar refractivity (Wildman–Crippen MR) is 111 cm³/mol. The highest BCUT2D eigenvalue weighted by atomic mass is 35.5. The molecule has 1 amide bonds. The Kier molecular flexibility index (Phi) is 8.82. The quantitative estimate of drug-likeness (QED) is 0.736. The van der Waals surface area contributed by atoms with Crippen molar-refractivity contribution in [2.75, 3.05) is 38.1 Å². The van der Waals surface area contributed by atoms with Crippen molar-refractivity contribution in [3.05, 3.63) is 24.3 Å². The summed E-state index contributed by atoms with van der Waals surface area (Å²) in [5, 5.41) is 0. The molecular weight excluding hydrogens is 411 g/mol. The number of amides is 1. The van der Waals surface area contributed by atoms with Crippen LogP contribution in [-0.2, 0) is 14.8 Å². The second-order valence-electron chi connectivity index (χ2n) is 6.69. The molecule has 1 saturated carbocycles. The van der Waals surface area contributed by atoms with E-state index in [-0.39, 0.29) is 47.6 Å². The summed E-state index contributed by atoms with van der Waals surface area (Å²) in [6.07, 6.45) is 2.82. The van der Waals surface area contributed by atoms with Crippen LogP contribution in [0.15, 0.2) is 29.2 Å². The first-order valence-corrected chi connectivity index (χ1v) is 10.2. The van der Waals surface area contributed by atoms with Gasteiger partial charge in [-0.25, -0.2) is 13.1 Å². The van der Waals surface area contributed by atoms with Crippen molar-refractivity contribution in [2.45, 2.75) is 30.2 Å². The molecule has 154 valence electrons. The van der Waals surface area contributed by atoms with Crippen LogP contribution in [0.3, 0.4) is 0 Å². The Morgan fingerprint density at radius 3 is 2.30 bits per heavy atom. The normalized spacial score (nSPS) is 22.7. The number of piperazine rings is 1. The molecule has 1 heterocycles. The van der Waals surface area contributed by atoms with Crippen molar-refractivity contribution in [2.24, 2.45) is 11.7 Å². The fourth-order valence-electron chi connectivity index (χ4n) is 3.75. The molecule has 0 spiro atoms. The molecule has 3 rings (SSSR count). The number of carbonyl (C=O) groups is 1. The first kappa shape index (κ1) is 24.0. The van der Waals surface area contributed by atoms with E-state index in [1.807, 2.05) is 21.9 Å². The average Bonchev–Trinajstić information content (AvgIpc) is 3.07. The molecule has 1 aliphatic heterocycles. The second kappa shape index (κ2) is 9.93.